The number of benzene rings is 1. The zero-order chi connectivity index (χ0) is 13.0. The Labute approximate surface area is 106 Å². The van der Waals surface area contributed by atoms with E-state index in [2.05, 4.69) is 28.9 Å². The van der Waals surface area contributed by atoms with Crippen molar-refractivity contribution in [1.82, 2.24) is 5.32 Å². The number of fused-ring (bicyclic) bond motifs is 1. The summed E-state index contributed by atoms with van der Waals surface area (Å²) in [6, 6.07) is 5.63. The summed E-state index contributed by atoms with van der Waals surface area (Å²) in [5.41, 5.74) is 3.38. The number of nitrogens with zero attached hydrogens (tertiary/aromatic N) is 1. The Morgan fingerprint density at radius 2 is 2.33 bits per heavy atom. The molecule has 0 bridgehead atoms. The summed E-state index contributed by atoms with van der Waals surface area (Å²) in [6.07, 6.45) is 4.12. The first-order valence-corrected chi connectivity index (χ1v) is 5.71. The maximum absolute atomic E-state index is 11.7. The molecule has 0 unspecified atom stereocenters. The van der Waals surface area contributed by atoms with E-state index in [1.54, 1.807) is 12.3 Å². The van der Waals surface area contributed by atoms with Gasteiger partial charge in [0.2, 0.25) is 0 Å². The molecule has 1 aromatic carbocycles. The molecular formula is C14H15N3O. The average molecular weight is 241 g/mol. The van der Waals surface area contributed by atoms with Crippen molar-refractivity contribution in [3.8, 4) is 0 Å². The van der Waals surface area contributed by atoms with E-state index in [9.17, 15) is 4.79 Å². The topological polar surface area (TPSA) is 53.5 Å². The highest BCUT2D eigenvalue weighted by Gasteiger charge is 2.18. The molecule has 0 saturated carbocycles. The van der Waals surface area contributed by atoms with Gasteiger partial charge in [0, 0.05) is 29.7 Å². The third-order valence-electron chi connectivity index (χ3n) is 2.76. The van der Waals surface area contributed by atoms with Crippen molar-refractivity contribution in [2.24, 2.45) is 4.99 Å². The SMILES string of the molecule is C=N/C=C\C(=C)Nc1cccc2c1CCNC2=O. The third kappa shape index (κ3) is 2.48. The Kier molecular flexibility index (Phi) is 3.57. The van der Waals surface area contributed by atoms with E-state index in [0.29, 0.717) is 12.2 Å². The van der Waals surface area contributed by atoms with E-state index in [1.165, 1.54) is 0 Å². The van der Waals surface area contributed by atoms with Crippen LogP contribution in [0.25, 0.3) is 0 Å². The summed E-state index contributed by atoms with van der Waals surface area (Å²) < 4.78 is 0. The fourth-order valence-corrected chi connectivity index (χ4v) is 1.94. The van der Waals surface area contributed by atoms with Crippen molar-refractivity contribution in [2.75, 3.05) is 11.9 Å². The predicted molar refractivity (Wildman–Crippen MR) is 73.9 cm³/mol. The van der Waals surface area contributed by atoms with Gasteiger partial charge in [0.15, 0.2) is 0 Å². The van der Waals surface area contributed by atoms with Crippen molar-refractivity contribution in [2.45, 2.75) is 6.42 Å². The number of aliphatic imine (C=N–C) groups is 1. The molecule has 0 spiro atoms. The van der Waals surface area contributed by atoms with Gasteiger partial charge in [-0.3, -0.25) is 9.79 Å². The fraction of sp³-hybridized carbons (Fsp3) is 0.143. The lowest BCUT2D eigenvalue weighted by Crippen LogP contribution is -2.32. The molecule has 4 nitrogen and oxygen atoms in total. The molecule has 1 aliphatic rings. The minimum Gasteiger partial charge on any atom is -0.356 e. The summed E-state index contributed by atoms with van der Waals surface area (Å²) in [5, 5.41) is 6.00. The van der Waals surface area contributed by atoms with E-state index in [4.69, 9.17) is 0 Å². The van der Waals surface area contributed by atoms with E-state index in [-0.39, 0.29) is 5.91 Å². The quantitative estimate of drug-likeness (QED) is 0.626. The van der Waals surface area contributed by atoms with Gasteiger partial charge < -0.3 is 10.6 Å². The van der Waals surface area contributed by atoms with Crippen LogP contribution >= 0.6 is 0 Å². The molecule has 2 rings (SSSR count). The van der Waals surface area contributed by atoms with Gasteiger partial charge in [-0.25, -0.2) is 0 Å². The maximum atomic E-state index is 11.7. The number of carbonyl (C=O) groups is 1. The van der Waals surface area contributed by atoms with Crippen LogP contribution in [-0.2, 0) is 6.42 Å². The lowest BCUT2D eigenvalue weighted by Gasteiger charge is -2.20. The second-order valence-corrected chi connectivity index (χ2v) is 3.99. The zero-order valence-electron chi connectivity index (χ0n) is 10.1. The van der Waals surface area contributed by atoms with Crippen molar-refractivity contribution >= 4 is 18.3 Å². The molecule has 2 N–H and O–H groups in total. The number of allylic oxidation sites excluding steroid dienone is 1. The van der Waals surface area contributed by atoms with Gasteiger partial charge in [0.25, 0.3) is 5.91 Å². The summed E-state index contributed by atoms with van der Waals surface area (Å²) in [4.78, 5) is 15.3. The molecule has 0 atom stereocenters. The van der Waals surface area contributed by atoms with Crippen molar-refractivity contribution in [3.05, 3.63) is 53.9 Å². The van der Waals surface area contributed by atoms with E-state index >= 15 is 0 Å². The molecule has 0 radical (unpaired) electrons. The fourth-order valence-electron chi connectivity index (χ4n) is 1.94. The number of nitrogens with one attached hydrogen (secondary N) is 2. The van der Waals surface area contributed by atoms with Crippen molar-refractivity contribution < 1.29 is 4.79 Å². The zero-order valence-corrected chi connectivity index (χ0v) is 10.1. The molecule has 1 heterocycles. The molecule has 0 aliphatic carbocycles. The van der Waals surface area contributed by atoms with Crippen LogP contribution < -0.4 is 10.6 Å². The maximum Gasteiger partial charge on any atom is 0.251 e. The number of amides is 1. The van der Waals surface area contributed by atoms with Crippen LogP contribution in [-0.4, -0.2) is 19.2 Å². The van der Waals surface area contributed by atoms with Crippen LogP contribution in [0.3, 0.4) is 0 Å². The number of anilines is 1. The Balaban J connectivity index is 2.26. The smallest absolute Gasteiger partial charge is 0.251 e. The molecular weight excluding hydrogens is 226 g/mol. The summed E-state index contributed by atoms with van der Waals surface area (Å²) in [6.45, 7) is 7.90. The Bertz CT molecular complexity index is 532. The van der Waals surface area contributed by atoms with E-state index < -0.39 is 0 Å². The first-order valence-electron chi connectivity index (χ1n) is 5.71. The van der Waals surface area contributed by atoms with Crippen molar-refractivity contribution in [3.63, 3.8) is 0 Å². The molecule has 92 valence electrons. The highest BCUT2D eigenvalue weighted by Crippen LogP contribution is 2.24. The largest absolute Gasteiger partial charge is 0.356 e. The van der Waals surface area contributed by atoms with Gasteiger partial charge in [-0.1, -0.05) is 12.6 Å². The first kappa shape index (κ1) is 12.1. The van der Waals surface area contributed by atoms with Gasteiger partial charge in [-0.15, -0.1) is 0 Å². The molecule has 18 heavy (non-hydrogen) atoms. The Hall–Kier alpha value is -2.36. The number of hydrogen-bond donors (Lipinski definition) is 2. The summed E-state index contributed by atoms with van der Waals surface area (Å²) in [5.74, 6) is -0.0196. The van der Waals surface area contributed by atoms with Crippen LogP contribution in [0, 0.1) is 0 Å². The number of hydrogen-bond acceptors (Lipinski definition) is 3. The summed E-state index contributed by atoms with van der Waals surface area (Å²) >= 11 is 0. The average Bonchev–Trinajstić information content (AvgIpc) is 2.38. The summed E-state index contributed by atoms with van der Waals surface area (Å²) in [7, 11) is 0. The molecule has 4 heteroatoms. The second-order valence-electron chi connectivity index (χ2n) is 3.99. The molecule has 0 aromatic heterocycles. The van der Waals surface area contributed by atoms with Crippen LogP contribution in [0.15, 0.2) is 47.7 Å². The molecule has 1 amide bonds. The minimum absolute atomic E-state index is 0.0196. The standard InChI is InChI=1S/C14H15N3O/c1-10(6-8-15-2)17-13-5-3-4-12-11(13)7-9-16-14(12)18/h3-6,8,17H,1-2,7,9H2,(H,16,18)/b8-6-. The Morgan fingerprint density at radius 1 is 1.50 bits per heavy atom. The van der Waals surface area contributed by atoms with Gasteiger partial charge in [0.05, 0.1) is 0 Å². The molecule has 0 fully saturated rings. The number of carbonyl (C=O) groups excluding carboxylic acids is 1. The number of rotatable bonds is 4. The monoisotopic (exact) mass is 241 g/mol. The lowest BCUT2D eigenvalue weighted by atomic mass is 9.98. The van der Waals surface area contributed by atoms with Crippen LogP contribution in [0.5, 0.6) is 0 Å². The van der Waals surface area contributed by atoms with Gasteiger partial charge in [-0.05, 0) is 36.9 Å². The minimum atomic E-state index is -0.0196. The first-order chi connectivity index (χ1) is 8.72. The van der Waals surface area contributed by atoms with E-state index in [1.807, 2.05) is 18.2 Å². The van der Waals surface area contributed by atoms with Crippen LogP contribution in [0.1, 0.15) is 15.9 Å². The molecule has 1 aliphatic heterocycles. The predicted octanol–water partition coefficient (Wildman–Crippen LogP) is 2.11. The highest BCUT2D eigenvalue weighted by molar-refractivity contribution is 5.98. The van der Waals surface area contributed by atoms with Crippen LogP contribution in [0.2, 0.25) is 0 Å². The normalized spacial score (nSPS) is 13.9. The van der Waals surface area contributed by atoms with Crippen molar-refractivity contribution in [1.29, 1.82) is 0 Å². The van der Waals surface area contributed by atoms with Gasteiger partial charge in [-0.2, -0.15) is 0 Å². The van der Waals surface area contributed by atoms with Gasteiger partial charge >= 0.3 is 0 Å². The van der Waals surface area contributed by atoms with Crippen LogP contribution in [0.4, 0.5) is 5.69 Å². The Morgan fingerprint density at radius 3 is 3.11 bits per heavy atom. The van der Waals surface area contributed by atoms with Gasteiger partial charge in [0.1, 0.15) is 0 Å². The third-order valence-corrected chi connectivity index (χ3v) is 2.76. The highest BCUT2D eigenvalue weighted by atomic mass is 16.1. The molecule has 1 aromatic rings. The van der Waals surface area contributed by atoms with E-state index in [0.717, 1.165) is 23.2 Å². The second kappa shape index (κ2) is 5.31. The molecule has 0 saturated heterocycles. The lowest BCUT2D eigenvalue weighted by molar-refractivity contribution is 0.0946.